The molecule has 4 rings (SSSR count). The number of alkyl halides is 6. The Labute approximate surface area is 225 Å². The summed E-state index contributed by atoms with van der Waals surface area (Å²) in [4.78, 5) is 0. The number of anilines is 1. The maximum atomic E-state index is 14.0. The van der Waals surface area contributed by atoms with Crippen LogP contribution in [-0.2, 0) is 25.8 Å². The van der Waals surface area contributed by atoms with Gasteiger partial charge in [-0.15, -0.1) is 0 Å². The van der Waals surface area contributed by atoms with Crippen molar-refractivity contribution in [3.63, 3.8) is 0 Å². The molecule has 0 unspecified atom stereocenters. The molecule has 3 aromatic carbocycles. The largest absolute Gasteiger partial charge is 0.459 e. The summed E-state index contributed by atoms with van der Waals surface area (Å²) in [7, 11) is 0. The fourth-order valence-electron chi connectivity index (χ4n) is 3.59. The normalized spacial score (nSPS) is 12.3. The van der Waals surface area contributed by atoms with E-state index in [-0.39, 0.29) is 26.5 Å². The highest BCUT2D eigenvalue weighted by Crippen LogP contribution is 2.40. The topological polar surface area (TPSA) is 53.3 Å². The first-order valence-electron chi connectivity index (χ1n) is 10.3. The van der Waals surface area contributed by atoms with Gasteiger partial charge in [-0.3, -0.25) is 5.73 Å². The summed E-state index contributed by atoms with van der Waals surface area (Å²) in [5.41, 5.74) is 1.68. The Kier molecular flexibility index (Phi) is 7.54. The Bertz CT molecular complexity index is 1520. The lowest BCUT2D eigenvalue weighted by Crippen LogP contribution is -2.40. The van der Waals surface area contributed by atoms with E-state index in [2.05, 4.69) is 31.9 Å². The summed E-state index contributed by atoms with van der Waals surface area (Å²) < 4.78 is 123. The van der Waals surface area contributed by atoms with Crippen LogP contribution in [-0.4, -0.2) is 4.57 Å². The van der Waals surface area contributed by atoms with Crippen LogP contribution in [0.25, 0.3) is 11.0 Å². The van der Waals surface area contributed by atoms with Crippen molar-refractivity contribution in [2.45, 2.75) is 25.8 Å². The van der Waals surface area contributed by atoms with Crippen LogP contribution >= 0.6 is 31.9 Å². The Balaban J connectivity index is 1.88. The predicted molar refractivity (Wildman–Crippen MR) is 126 cm³/mol. The van der Waals surface area contributed by atoms with Crippen LogP contribution in [0, 0.1) is 11.6 Å². The Morgan fingerprint density at radius 1 is 0.789 bits per heavy atom. The van der Waals surface area contributed by atoms with E-state index in [9.17, 15) is 35.1 Å². The summed E-state index contributed by atoms with van der Waals surface area (Å²) in [6, 6.07) is 7.12. The molecule has 0 aliphatic carbocycles. The molecular formula is C23H14Br2F8N3O2+. The van der Waals surface area contributed by atoms with Gasteiger partial charge in [-0.2, -0.15) is 35.5 Å². The third kappa shape index (κ3) is 5.67. The predicted octanol–water partition coefficient (Wildman–Crippen LogP) is 7.42. The molecule has 0 amide bonds. The molecule has 15 heteroatoms. The minimum atomic E-state index is -5.21. The van der Waals surface area contributed by atoms with Crippen molar-refractivity contribution in [3.8, 4) is 11.5 Å². The number of rotatable bonds is 6. The van der Waals surface area contributed by atoms with Gasteiger partial charge in [0.05, 0.1) is 20.1 Å². The van der Waals surface area contributed by atoms with E-state index in [1.807, 2.05) is 0 Å². The number of benzene rings is 3. The fourth-order valence-corrected chi connectivity index (χ4v) is 4.52. The van der Waals surface area contributed by atoms with Crippen LogP contribution < -0.4 is 19.8 Å². The number of nitrogens with two attached hydrogens (primary N) is 1. The fraction of sp³-hybridized carbons (Fsp3) is 0.174. The van der Waals surface area contributed by atoms with E-state index in [0.717, 1.165) is 33.4 Å². The second kappa shape index (κ2) is 10.2. The third-order valence-electron chi connectivity index (χ3n) is 5.32. The first-order valence-corrected chi connectivity index (χ1v) is 11.9. The lowest BCUT2D eigenvalue weighted by molar-refractivity contribution is -0.688. The van der Waals surface area contributed by atoms with Crippen LogP contribution in [0.15, 0.2) is 57.5 Å². The molecule has 5 nitrogen and oxygen atoms in total. The van der Waals surface area contributed by atoms with Gasteiger partial charge in [0.15, 0.2) is 5.52 Å². The van der Waals surface area contributed by atoms with Gasteiger partial charge >= 0.3 is 18.3 Å². The standard InChI is InChI=1S/C23H13Br2F8N3O2/c24-15-7-12(26)1-3-18(15)37-9-35-17-6-11(22(28,29)30)5-14(23(31,32)33)20(17)36(21(35)34)10-38-19-4-2-13(27)8-16(19)25/h1-8,34H,9-10H2/p+1. The Morgan fingerprint density at radius 2 is 1.34 bits per heavy atom. The molecule has 1 aromatic heterocycles. The number of fused-ring (bicyclic) bond motifs is 1. The van der Waals surface area contributed by atoms with E-state index in [1.54, 1.807) is 0 Å². The van der Waals surface area contributed by atoms with Crippen LogP contribution in [0.1, 0.15) is 11.1 Å². The van der Waals surface area contributed by atoms with Crippen molar-refractivity contribution in [2.24, 2.45) is 0 Å². The van der Waals surface area contributed by atoms with Crippen molar-refractivity contribution in [1.29, 1.82) is 0 Å². The van der Waals surface area contributed by atoms with Crippen molar-refractivity contribution < 1.29 is 49.2 Å². The van der Waals surface area contributed by atoms with Gasteiger partial charge in [0.1, 0.15) is 28.7 Å². The molecular weight excluding hydrogens is 662 g/mol. The monoisotopic (exact) mass is 674 g/mol. The molecule has 202 valence electrons. The molecule has 0 spiro atoms. The number of halogens is 10. The quantitative estimate of drug-likeness (QED) is 0.171. The number of imidazole rings is 1. The second-order valence-corrected chi connectivity index (χ2v) is 9.51. The second-order valence-electron chi connectivity index (χ2n) is 7.80. The smallest absolute Gasteiger partial charge is 0.419 e. The minimum absolute atomic E-state index is 0.0200. The van der Waals surface area contributed by atoms with Crippen molar-refractivity contribution in [3.05, 3.63) is 80.2 Å². The summed E-state index contributed by atoms with van der Waals surface area (Å²) in [6.07, 6.45) is -10.3. The molecule has 4 aromatic rings. The number of hydrogen-bond donors (Lipinski definition) is 1. The van der Waals surface area contributed by atoms with Gasteiger partial charge in [0, 0.05) is 0 Å². The van der Waals surface area contributed by atoms with E-state index in [4.69, 9.17) is 15.2 Å². The zero-order valence-corrected chi connectivity index (χ0v) is 21.8. The number of nitrogen functional groups attached to an aromatic ring is 1. The van der Waals surface area contributed by atoms with Crippen molar-refractivity contribution in [2.75, 3.05) is 5.73 Å². The molecule has 2 N–H and O–H groups in total. The molecule has 0 fully saturated rings. The molecule has 0 atom stereocenters. The van der Waals surface area contributed by atoms with Crippen LogP contribution in [0.4, 0.5) is 41.1 Å². The Morgan fingerprint density at radius 3 is 1.84 bits per heavy atom. The number of hydrogen-bond acceptors (Lipinski definition) is 3. The number of ether oxygens (including phenoxy) is 2. The van der Waals surface area contributed by atoms with E-state index in [1.165, 1.54) is 12.1 Å². The number of nitrogens with zero attached hydrogens (tertiary/aromatic N) is 2. The lowest BCUT2D eigenvalue weighted by Gasteiger charge is -2.13. The van der Waals surface area contributed by atoms with E-state index < -0.39 is 65.6 Å². The SMILES string of the molecule is Nc1n(COc2ccc(F)cc2Br)c2cc(C(F)(F)F)cc(C(F)(F)F)c2[n+]1COc1ccc(F)cc1Br. The summed E-state index contributed by atoms with van der Waals surface area (Å²) in [6.45, 7) is -1.33. The van der Waals surface area contributed by atoms with Crippen molar-refractivity contribution in [1.82, 2.24) is 4.57 Å². The molecule has 0 saturated carbocycles. The molecule has 1 heterocycles. The van der Waals surface area contributed by atoms with E-state index in [0.29, 0.717) is 6.07 Å². The van der Waals surface area contributed by atoms with Gasteiger partial charge in [0.2, 0.25) is 13.5 Å². The highest BCUT2D eigenvalue weighted by Gasteiger charge is 2.42. The first-order chi connectivity index (χ1) is 17.7. The van der Waals surface area contributed by atoms with Crippen LogP contribution in [0.5, 0.6) is 11.5 Å². The molecule has 0 aliphatic heterocycles. The van der Waals surface area contributed by atoms with Gasteiger partial charge in [-0.1, -0.05) is 0 Å². The van der Waals surface area contributed by atoms with Gasteiger partial charge in [-0.25, -0.2) is 8.78 Å². The number of aromatic nitrogens is 2. The maximum Gasteiger partial charge on any atom is 0.419 e. The molecule has 0 aliphatic rings. The highest BCUT2D eigenvalue weighted by atomic mass is 79.9. The van der Waals surface area contributed by atoms with E-state index >= 15 is 0 Å². The van der Waals surface area contributed by atoms with Gasteiger partial charge in [0.25, 0.3) is 0 Å². The van der Waals surface area contributed by atoms with Gasteiger partial charge in [-0.05, 0) is 80.4 Å². The molecule has 38 heavy (non-hydrogen) atoms. The minimum Gasteiger partial charge on any atom is -0.459 e. The van der Waals surface area contributed by atoms with Crippen LogP contribution in [0.2, 0.25) is 0 Å². The molecule has 0 bridgehead atoms. The molecule has 0 saturated heterocycles. The zero-order chi connectivity index (χ0) is 28.0. The Hall–Kier alpha value is -3.07. The van der Waals surface area contributed by atoms with Crippen molar-refractivity contribution >= 4 is 48.8 Å². The van der Waals surface area contributed by atoms with Gasteiger partial charge < -0.3 is 9.47 Å². The van der Waals surface area contributed by atoms with Crippen LogP contribution in [0.3, 0.4) is 0 Å². The molecule has 0 radical (unpaired) electrons. The summed E-state index contributed by atoms with van der Waals surface area (Å²) in [5.74, 6) is -1.58. The first kappa shape index (κ1) is 28.0. The summed E-state index contributed by atoms with van der Waals surface area (Å²) >= 11 is 6.14. The lowest BCUT2D eigenvalue weighted by atomic mass is 10.1. The highest BCUT2D eigenvalue weighted by molar-refractivity contribution is 9.10. The average molecular weight is 676 g/mol. The zero-order valence-electron chi connectivity index (χ0n) is 18.6. The maximum absolute atomic E-state index is 14.0. The third-order valence-corrected chi connectivity index (χ3v) is 6.56. The summed E-state index contributed by atoms with van der Waals surface area (Å²) in [5, 5.41) is 0. The average Bonchev–Trinajstić information content (AvgIpc) is 3.06.